The van der Waals surface area contributed by atoms with Gasteiger partial charge in [-0.25, -0.2) is 4.39 Å². The highest BCUT2D eigenvalue weighted by atomic mass is 19.1. The number of benzene rings is 2. The van der Waals surface area contributed by atoms with Crippen molar-refractivity contribution in [3.63, 3.8) is 0 Å². The lowest BCUT2D eigenvalue weighted by Crippen LogP contribution is -2.31. The summed E-state index contributed by atoms with van der Waals surface area (Å²) in [5.74, 6) is -1.50. The zero-order valence-electron chi connectivity index (χ0n) is 18.1. The Labute approximate surface area is 180 Å². The number of amides is 1. The molecule has 1 amide bonds. The van der Waals surface area contributed by atoms with Gasteiger partial charge in [0, 0.05) is 25.8 Å². The van der Waals surface area contributed by atoms with Crippen molar-refractivity contribution in [1.82, 2.24) is 4.90 Å². The normalized spacial score (nSPS) is 18.0. The Bertz CT molecular complexity index is 1030. The van der Waals surface area contributed by atoms with E-state index >= 15 is 0 Å². The topological polar surface area (TPSA) is 76.1 Å². The number of aryl methyl sites for hydroxylation is 2. The third-order valence-electron chi connectivity index (χ3n) is 5.47. The van der Waals surface area contributed by atoms with E-state index < -0.39 is 23.5 Å². The molecule has 31 heavy (non-hydrogen) atoms. The fourth-order valence-corrected chi connectivity index (χ4v) is 3.89. The summed E-state index contributed by atoms with van der Waals surface area (Å²) in [5, 5.41) is 11.2. The van der Waals surface area contributed by atoms with E-state index in [-0.39, 0.29) is 17.9 Å². The molecule has 3 rings (SSSR count). The van der Waals surface area contributed by atoms with Gasteiger partial charge < -0.3 is 19.5 Å². The largest absolute Gasteiger partial charge is 0.507 e. The molecule has 1 aliphatic heterocycles. The summed E-state index contributed by atoms with van der Waals surface area (Å²) in [6.07, 6.45) is 0.516. The lowest BCUT2D eigenvalue weighted by molar-refractivity contribution is -0.140. The van der Waals surface area contributed by atoms with E-state index in [1.165, 1.54) is 29.2 Å². The molecule has 2 aromatic rings. The van der Waals surface area contributed by atoms with E-state index in [0.29, 0.717) is 35.5 Å². The van der Waals surface area contributed by atoms with Crippen LogP contribution in [0.1, 0.15) is 34.7 Å². The predicted octanol–water partition coefficient (Wildman–Crippen LogP) is 3.91. The number of ether oxygens (including phenoxy) is 2. The SMILES string of the molecule is COCCCN1C(=O)C(=O)/C(=C(/O)c2cc(C)c(OC)cc2C)C1c1ccc(F)cc1. The molecule has 2 aromatic carbocycles. The average Bonchev–Trinajstić information content (AvgIpc) is 3.00. The molecule has 1 heterocycles. The molecular formula is C24H26FNO5. The van der Waals surface area contributed by atoms with Gasteiger partial charge in [-0.3, -0.25) is 9.59 Å². The Morgan fingerprint density at radius 3 is 2.39 bits per heavy atom. The van der Waals surface area contributed by atoms with Crippen LogP contribution in [0, 0.1) is 19.7 Å². The molecule has 6 nitrogen and oxygen atoms in total. The Balaban J connectivity index is 2.17. The quantitative estimate of drug-likeness (QED) is 0.314. The summed E-state index contributed by atoms with van der Waals surface area (Å²) >= 11 is 0. The van der Waals surface area contributed by atoms with Gasteiger partial charge in [-0.05, 0) is 61.2 Å². The number of hydrogen-bond donors (Lipinski definition) is 1. The van der Waals surface area contributed by atoms with Gasteiger partial charge in [0.15, 0.2) is 0 Å². The van der Waals surface area contributed by atoms with E-state index in [4.69, 9.17) is 9.47 Å². The summed E-state index contributed by atoms with van der Waals surface area (Å²) < 4.78 is 23.9. The number of carbonyl (C=O) groups excluding carboxylic acids is 2. The molecule has 1 saturated heterocycles. The highest BCUT2D eigenvalue weighted by Crippen LogP contribution is 2.40. The van der Waals surface area contributed by atoms with Crippen LogP contribution in [0.2, 0.25) is 0 Å². The van der Waals surface area contributed by atoms with Crippen molar-refractivity contribution < 1.29 is 28.6 Å². The molecule has 7 heteroatoms. The summed E-state index contributed by atoms with van der Waals surface area (Å²) in [7, 11) is 3.11. The number of Topliss-reactive ketones (excluding diaryl/α,β-unsaturated/α-hetero) is 1. The van der Waals surface area contributed by atoms with E-state index in [0.717, 1.165) is 5.56 Å². The van der Waals surface area contributed by atoms with Gasteiger partial charge in [0.25, 0.3) is 11.7 Å². The fraction of sp³-hybridized carbons (Fsp3) is 0.333. The minimum absolute atomic E-state index is 0.0123. The highest BCUT2D eigenvalue weighted by molar-refractivity contribution is 6.46. The first-order valence-electron chi connectivity index (χ1n) is 9.98. The first-order chi connectivity index (χ1) is 14.8. The van der Waals surface area contributed by atoms with Crippen LogP contribution in [0.15, 0.2) is 42.0 Å². The smallest absolute Gasteiger partial charge is 0.295 e. The maximum absolute atomic E-state index is 13.5. The second kappa shape index (κ2) is 9.31. The molecule has 1 fully saturated rings. The summed E-state index contributed by atoms with van der Waals surface area (Å²) in [4.78, 5) is 27.2. The Morgan fingerprint density at radius 2 is 1.77 bits per heavy atom. The molecule has 0 aromatic heterocycles. The van der Waals surface area contributed by atoms with Crippen LogP contribution < -0.4 is 4.74 Å². The third-order valence-corrected chi connectivity index (χ3v) is 5.47. The van der Waals surface area contributed by atoms with Crippen molar-refractivity contribution in [3.05, 3.63) is 70.0 Å². The second-order valence-corrected chi connectivity index (χ2v) is 7.53. The maximum Gasteiger partial charge on any atom is 0.295 e. The van der Waals surface area contributed by atoms with Crippen LogP contribution >= 0.6 is 0 Å². The van der Waals surface area contributed by atoms with Crippen LogP contribution in [-0.2, 0) is 14.3 Å². The number of rotatable bonds is 7. The van der Waals surface area contributed by atoms with Crippen molar-refractivity contribution in [2.75, 3.05) is 27.4 Å². The van der Waals surface area contributed by atoms with Crippen molar-refractivity contribution in [2.24, 2.45) is 0 Å². The monoisotopic (exact) mass is 427 g/mol. The van der Waals surface area contributed by atoms with Gasteiger partial charge in [-0.15, -0.1) is 0 Å². The third kappa shape index (κ3) is 4.32. The number of carbonyl (C=O) groups is 2. The fourth-order valence-electron chi connectivity index (χ4n) is 3.89. The second-order valence-electron chi connectivity index (χ2n) is 7.53. The summed E-state index contributed by atoms with van der Waals surface area (Å²) in [6, 6.07) is 8.26. The number of nitrogens with zero attached hydrogens (tertiary/aromatic N) is 1. The van der Waals surface area contributed by atoms with Crippen molar-refractivity contribution in [2.45, 2.75) is 26.3 Å². The molecule has 0 spiro atoms. The van der Waals surface area contributed by atoms with Gasteiger partial charge in [-0.1, -0.05) is 12.1 Å². The number of hydrogen-bond acceptors (Lipinski definition) is 5. The zero-order chi connectivity index (χ0) is 22.7. The molecule has 0 bridgehead atoms. The molecule has 1 unspecified atom stereocenters. The van der Waals surface area contributed by atoms with Crippen LogP contribution in [0.3, 0.4) is 0 Å². The van der Waals surface area contributed by atoms with Crippen molar-refractivity contribution in [3.8, 4) is 5.75 Å². The number of aliphatic hydroxyl groups excluding tert-OH is 1. The molecule has 0 saturated carbocycles. The van der Waals surface area contributed by atoms with Crippen LogP contribution in [0.25, 0.3) is 5.76 Å². The predicted molar refractivity (Wildman–Crippen MR) is 114 cm³/mol. The lowest BCUT2D eigenvalue weighted by Gasteiger charge is -2.25. The Kier molecular flexibility index (Phi) is 6.75. The van der Waals surface area contributed by atoms with E-state index in [2.05, 4.69) is 0 Å². The minimum Gasteiger partial charge on any atom is -0.507 e. The zero-order valence-corrected chi connectivity index (χ0v) is 18.1. The number of halogens is 1. The lowest BCUT2D eigenvalue weighted by atomic mass is 9.93. The van der Waals surface area contributed by atoms with Gasteiger partial charge in [0.2, 0.25) is 0 Å². The van der Waals surface area contributed by atoms with Gasteiger partial charge in [0.1, 0.15) is 17.3 Å². The molecular weight excluding hydrogens is 401 g/mol. The number of methoxy groups -OCH3 is 2. The molecule has 1 N–H and O–H groups in total. The first-order valence-corrected chi connectivity index (χ1v) is 9.98. The molecule has 1 atom stereocenters. The summed E-state index contributed by atoms with van der Waals surface area (Å²) in [5.41, 5.74) is 2.45. The summed E-state index contributed by atoms with van der Waals surface area (Å²) in [6.45, 7) is 4.29. The van der Waals surface area contributed by atoms with Crippen molar-refractivity contribution in [1.29, 1.82) is 0 Å². The van der Waals surface area contributed by atoms with E-state index in [9.17, 15) is 19.1 Å². The van der Waals surface area contributed by atoms with Crippen LogP contribution in [0.5, 0.6) is 5.75 Å². The highest BCUT2D eigenvalue weighted by Gasteiger charge is 2.45. The minimum atomic E-state index is -0.820. The van der Waals surface area contributed by atoms with Gasteiger partial charge in [-0.2, -0.15) is 0 Å². The Hall–Kier alpha value is -3.19. The van der Waals surface area contributed by atoms with Gasteiger partial charge >= 0.3 is 0 Å². The Morgan fingerprint density at radius 1 is 1.10 bits per heavy atom. The van der Waals surface area contributed by atoms with Crippen LogP contribution in [-0.4, -0.2) is 49.1 Å². The number of ketones is 1. The standard InChI is InChI=1S/C24H26FNO5/c1-14-13-19(31-4)15(2)12-18(14)22(27)20-21(16-6-8-17(25)9-7-16)26(10-5-11-30-3)24(29)23(20)28/h6-9,12-13,21,27H,5,10-11H2,1-4H3/b22-20+. The number of likely N-dealkylation sites (tertiary alicyclic amines) is 1. The van der Waals surface area contributed by atoms with Crippen molar-refractivity contribution >= 4 is 17.4 Å². The molecule has 0 radical (unpaired) electrons. The van der Waals surface area contributed by atoms with E-state index in [1.807, 2.05) is 6.92 Å². The van der Waals surface area contributed by atoms with E-state index in [1.54, 1.807) is 33.3 Å². The molecule has 164 valence electrons. The first kappa shape index (κ1) is 22.5. The maximum atomic E-state index is 13.5. The number of aliphatic hydroxyl groups is 1. The van der Waals surface area contributed by atoms with Crippen LogP contribution in [0.4, 0.5) is 4.39 Å². The molecule has 1 aliphatic rings. The molecule has 0 aliphatic carbocycles. The average molecular weight is 427 g/mol. The van der Waals surface area contributed by atoms with Gasteiger partial charge in [0.05, 0.1) is 18.7 Å².